The zero-order valence-corrected chi connectivity index (χ0v) is 18.8. The molecule has 0 aliphatic carbocycles. The highest BCUT2D eigenvalue weighted by Crippen LogP contribution is 2.30. The van der Waals surface area contributed by atoms with Crippen LogP contribution in [0, 0.1) is 5.82 Å². The Morgan fingerprint density at radius 2 is 1.91 bits per heavy atom. The molecule has 2 aromatic carbocycles. The van der Waals surface area contributed by atoms with Gasteiger partial charge in [0.15, 0.2) is 0 Å². The van der Waals surface area contributed by atoms with Crippen LogP contribution in [0.2, 0.25) is 0 Å². The summed E-state index contributed by atoms with van der Waals surface area (Å²) in [6.45, 7) is 0.409. The Kier molecular flexibility index (Phi) is 8.23. The summed E-state index contributed by atoms with van der Waals surface area (Å²) < 4.78 is 41.9. The van der Waals surface area contributed by atoms with E-state index in [9.17, 15) is 17.9 Å². The van der Waals surface area contributed by atoms with Crippen molar-refractivity contribution in [1.82, 2.24) is 19.6 Å². The minimum Gasteiger partial charge on any atom is -0.483 e. The number of hydrogen-bond donors (Lipinski definition) is 4. The van der Waals surface area contributed by atoms with Crippen molar-refractivity contribution in [2.24, 2.45) is 0 Å². The molecule has 4 rings (SSSR count). The predicted molar refractivity (Wildman–Crippen MR) is 124 cm³/mol. The van der Waals surface area contributed by atoms with Gasteiger partial charge in [-0.3, -0.25) is 15.1 Å². The summed E-state index contributed by atoms with van der Waals surface area (Å²) in [5, 5.41) is 19.4. The highest BCUT2D eigenvalue weighted by atomic mass is 32.2. The molecule has 1 atom stereocenters. The Labute approximate surface area is 196 Å². The lowest BCUT2D eigenvalue weighted by Crippen LogP contribution is -2.52. The Hall–Kier alpha value is -3.45. The number of anilines is 1. The standard InChI is InChI=1S/C21H22FN5O3S.CH2O2/c22-18-9-14(5-6-17(18)19-10-26-20(23)11-25-19)16-4-2-1-3-15(16)13-31(29,30)27-8-7-24-21(28)12-27;2-1-3/h1-6,9-11,21,24,28H,7-8,12-13H2,(H2,23,26);1H,(H,2,3). The summed E-state index contributed by atoms with van der Waals surface area (Å²) in [5.74, 6) is -0.504. The van der Waals surface area contributed by atoms with Gasteiger partial charge in [-0.05, 0) is 28.8 Å². The number of aromatic nitrogens is 2. The summed E-state index contributed by atoms with van der Waals surface area (Å²) in [7, 11) is -3.66. The number of halogens is 1. The van der Waals surface area contributed by atoms with E-state index in [-0.39, 0.29) is 36.7 Å². The monoisotopic (exact) mass is 489 g/mol. The molecule has 0 spiro atoms. The van der Waals surface area contributed by atoms with Gasteiger partial charge in [0, 0.05) is 18.7 Å². The number of nitrogens with one attached hydrogen (secondary N) is 1. The SMILES string of the molecule is Nc1cnc(-c2ccc(-c3ccccc3CS(=O)(=O)N3CCNC(O)C3)cc2F)cn1.O=CO. The molecule has 1 unspecified atom stereocenters. The first-order chi connectivity index (χ1) is 16.2. The second-order valence-electron chi connectivity index (χ2n) is 7.37. The third-order valence-corrected chi connectivity index (χ3v) is 6.89. The number of nitrogen functional groups attached to an aromatic ring is 1. The van der Waals surface area contributed by atoms with Gasteiger partial charge in [-0.25, -0.2) is 17.8 Å². The molecule has 0 amide bonds. The molecular weight excluding hydrogens is 465 g/mol. The van der Waals surface area contributed by atoms with Crippen molar-refractivity contribution < 1.29 is 27.8 Å². The smallest absolute Gasteiger partial charge is 0.290 e. The molecule has 2 heterocycles. The predicted octanol–water partition coefficient (Wildman–Crippen LogP) is 1.29. The number of nitrogens with zero attached hydrogens (tertiary/aromatic N) is 3. The van der Waals surface area contributed by atoms with Crippen LogP contribution in [0.15, 0.2) is 54.9 Å². The molecule has 1 aliphatic heterocycles. The first-order valence-corrected chi connectivity index (χ1v) is 11.8. The summed E-state index contributed by atoms with van der Waals surface area (Å²) >= 11 is 0. The molecule has 10 nitrogen and oxygen atoms in total. The van der Waals surface area contributed by atoms with Gasteiger partial charge in [0.25, 0.3) is 6.47 Å². The van der Waals surface area contributed by atoms with Crippen molar-refractivity contribution in [1.29, 1.82) is 0 Å². The second kappa shape index (κ2) is 11.1. The number of sulfonamides is 1. The van der Waals surface area contributed by atoms with E-state index in [0.29, 0.717) is 28.9 Å². The second-order valence-corrected chi connectivity index (χ2v) is 9.34. The highest BCUT2D eigenvalue weighted by molar-refractivity contribution is 7.88. The van der Waals surface area contributed by atoms with Gasteiger partial charge in [-0.2, -0.15) is 4.31 Å². The third kappa shape index (κ3) is 6.11. The molecule has 1 saturated heterocycles. The number of aliphatic hydroxyl groups is 1. The van der Waals surface area contributed by atoms with E-state index >= 15 is 0 Å². The van der Waals surface area contributed by atoms with Gasteiger partial charge in [0.1, 0.15) is 17.9 Å². The van der Waals surface area contributed by atoms with Crippen molar-refractivity contribution >= 4 is 22.3 Å². The number of piperazine rings is 1. The van der Waals surface area contributed by atoms with E-state index in [1.54, 1.807) is 36.4 Å². The largest absolute Gasteiger partial charge is 0.483 e. The number of nitrogens with two attached hydrogens (primary N) is 1. The summed E-state index contributed by atoms with van der Waals surface area (Å²) in [4.78, 5) is 16.4. The number of benzene rings is 2. The summed E-state index contributed by atoms with van der Waals surface area (Å²) in [6.07, 6.45) is 1.86. The summed E-state index contributed by atoms with van der Waals surface area (Å²) in [5.41, 5.74) is 7.89. The van der Waals surface area contributed by atoms with Crippen molar-refractivity contribution in [3.63, 3.8) is 0 Å². The minimum absolute atomic E-state index is 0.00352. The van der Waals surface area contributed by atoms with Crippen molar-refractivity contribution in [3.05, 3.63) is 66.2 Å². The zero-order valence-electron chi connectivity index (χ0n) is 18.0. The first kappa shape index (κ1) is 25.2. The van der Waals surface area contributed by atoms with Crippen LogP contribution in [-0.2, 0) is 20.6 Å². The fourth-order valence-electron chi connectivity index (χ4n) is 3.54. The van der Waals surface area contributed by atoms with Crippen LogP contribution < -0.4 is 11.1 Å². The molecular formula is C22H24FN5O5S. The molecule has 1 aliphatic rings. The van der Waals surface area contributed by atoms with E-state index in [4.69, 9.17) is 15.6 Å². The molecule has 34 heavy (non-hydrogen) atoms. The van der Waals surface area contributed by atoms with Crippen LogP contribution in [0.3, 0.4) is 0 Å². The van der Waals surface area contributed by atoms with Crippen LogP contribution in [0.25, 0.3) is 22.4 Å². The maximum Gasteiger partial charge on any atom is 0.290 e. The van der Waals surface area contributed by atoms with E-state index in [1.165, 1.54) is 22.8 Å². The summed E-state index contributed by atoms with van der Waals surface area (Å²) in [6, 6.07) is 11.7. The van der Waals surface area contributed by atoms with Gasteiger partial charge >= 0.3 is 0 Å². The molecule has 5 N–H and O–H groups in total. The number of hydrogen-bond acceptors (Lipinski definition) is 8. The molecule has 0 radical (unpaired) electrons. The van der Waals surface area contributed by atoms with Crippen LogP contribution in [0.4, 0.5) is 10.2 Å². The average molecular weight is 490 g/mol. The van der Waals surface area contributed by atoms with Crippen LogP contribution in [0.1, 0.15) is 5.56 Å². The van der Waals surface area contributed by atoms with Crippen LogP contribution >= 0.6 is 0 Å². The average Bonchev–Trinajstić information content (AvgIpc) is 2.80. The Morgan fingerprint density at radius 3 is 2.56 bits per heavy atom. The Morgan fingerprint density at radius 1 is 1.18 bits per heavy atom. The topological polar surface area (TPSA) is 159 Å². The van der Waals surface area contributed by atoms with Gasteiger partial charge < -0.3 is 15.9 Å². The van der Waals surface area contributed by atoms with Gasteiger partial charge in [0.2, 0.25) is 10.0 Å². The van der Waals surface area contributed by atoms with E-state index in [1.807, 2.05) is 0 Å². The van der Waals surface area contributed by atoms with E-state index in [0.717, 1.165) is 0 Å². The fraction of sp³-hybridized carbons (Fsp3) is 0.227. The number of β-amino-alcohol motifs (C(OH)–C–C–N with tert-alkyl or cyclic N) is 1. The molecule has 180 valence electrons. The number of aliphatic hydroxyl groups excluding tert-OH is 1. The maximum absolute atomic E-state index is 14.9. The quantitative estimate of drug-likeness (QED) is 0.387. The normalized spacial score (nSPS) is 16.4. The first-order valence-electron chi connectivity index (χ1n) is 10.2. The molecule has 1 aromatic heterocycles. The molecule has 3 aromatic rings. The zero-order chi connectivity index (χ0) is 24.7. The van der Waals surface area contributed by atoms with Crippen molar-refractivity contribution in [3.8, 4) is 22.4 Å². The number of rotatable bonds is 5. The lowest BCUT2D eigenvalue weighted by atomic mass is 9.98. The number of carbonyl (C=O) groups is 1. The maximum atomic E-state index is 14.9. The van der Waals surface area contributed by atoms with Gasteiger partial charge in [0.05, 0.1) is 30.4 Å². The van der Waals surface area contributed by atoms with Gasteiger partial charge in [-0.15, -0.1) is 0 Å². The van der Waals surface area contributed by atoms with E-state index < -0.39 is 22.1 Å². The Bertz CT molecular complexity index is 1240. The fourth-order valence-corrected chi connectivity index (χ4v) is 5.11. The van der Waals surface area contributed by atoms with Gasteiger partial charge in [-0.1, -0.05) is 30.3 Å². The molecule has 1 fully saturated rings. The lowest BCUT2D eigenvalue weighted by Gasteiger charge is -2.30. The van der Waals surface area contributed by atoms with Crippen molar-refractivity contribution in [2.45, 2.75) is 12.0 Å². The minimum atomic E-state index is -3.66. The molecule has 0 saturated carbocycles. The van der Waals surface area contributed by atoms with Crippen LogP contribution in [0.5, 0.6) is 0 Å². The van der Waals surface area contributed by atoms with E-state index in [2.05, 4.69) is 15.3 Å². The van der Waals surface area contributed by atoms with Crippen LogP contribution in [-0.4, -0.2) is 65.2 Å². The van der Waals surface area contributed by atoms with Crippen molar-refractivity contribution in [2.75, 3.05) is 25.4 Å². The Balaban J connectivity index is 0.00000103. The highest BCUT2D eigenvalue weighted by Gasteiger charge is 2.28. The third-order valence-electron chi connectivity index (χ3n) is 5.09. The number of carboxylic acid groups (broad SMARTS) is 1. The lowest BCUT2D eigenvalue weighted by molar-refractivity contribution is -0.122. The molecule has 12 heteroatoms. The molecule has 0 bridgehead atoms.